The second kappa shape index (κ2) is 11.1. The van der Waals surface area contributed by atoms with Gasteiger partial charge in [-0.25, -0.2) is 4.98 Å². The van der Waals surface area contributed by atoms with Crippen LogP contribution in [0.4, 0.5) is 5.82 Å². The first-order valence-electron chi connectivity index (χ1n) is 13.8. The van der Waals surface area contributed by atoms with Crippen molar-refractivity contribution in [3.63, 3.8) is 0 Å². The molecule has 3 atom stereocenters. The average Bonchev–Trinajstić information content (AvgIpc) is 3.36. The monoisotopic (exact) mass is 580 g/mol. The molecule has 3 N–H and O–H groups in total. The molecule has 0 spiro atoms. The van der Waals surface area contributed by atoms with E-state index in [-0.39, 0.29) is 58.4 Å². The number of anilines is 1. The first kappa shape index (κ1) is 31.5. The molecule has 3 heterocycles. The van der Waals surface area contributed by atoms with Crippen molar-refractivity contribution in [3.05, 3.63) is 22.7 Å². The third kappa shape index (κ3) is 6.84. The van der Waals surface area contributed by atoms with E-state index in [9.17, 15) is 9.59 Å². The number of aromatic nitrogens is 3. The molecule has 1 aliphatic heterocycles. The molecule has 1 unspecified atom stereocenters. The summed E-state index contributed by atoms with van der Waals surface area (Å²) in [5, 5.41) is 9.06. The van der Waals surface area contributed by atoms with Crippen LogP contribution in [-0.4, -0.2) is 60.6 Å². The molecule has 10 nitrogen and oxygen atoms in total. The Balaban J connectivity index is 1.92. The number of aliphatic carboxylic acids is 1. The maximum absolute atomic E-state index is 13.2. The van der Waals surface area contributed by atoms with Crippen LogP contribution in [0.5, 0.6) is 0 Å². The van der Waals surface area contributed by atoms with Crippen molar-refractivity contribution in [2.45, 2.75) is 122 Å². The van der Waals surface area contributed by atoms with Crippen LogP contribution in [0.3, 0.4) is 0 Å². The second-order valence-electron chi connectivity index (χ2n) is 13.8. The van der Waals surface area contributed by atoms with Gasteiger partial charge in [-0.1, -0.05) is 41.5 Å². The number of rotatable bonds is 10. The highest BCUT2D eigenvalue weighted by Gasteiger charge is 2.46. The number of carbonyl (C=O) groups is 1. The molecule has 220 valence electrons. The lowest BCUT2D eigenvalue weighted by Gasteiger charge is -2.40. The number of fused-ring (bicyclic) bond motifs is 1. The molecular formula is C27H48N4O6Si2. The minimum atomic E-state index is -2.10. The number of imidazole rings is 1. The lowest BCUT2D eigenvalue weighted by atomic mass is 10.2. The summed E-state index contributed by atoms with van der Waals surface area (Å²) in [5.41, 5.74) is 6.79. The zero-order valence-corrected chi connectivity index (χ0v) is 27.3. The number of carboxylic acid groups (broad SMARTS) is 1. The SMILES string of the molecule is CC(C)(C)[Si](C)(C)OC[C@H]1O[C@@H](n2cnc3c(=O)n(CCCC(=O)O)c(N)cc32)CC1O[Si](C)(C)C(C)(C)C. The summed E-state index contributed by atoms with van der Waals surface area (Å²) in [6.07, 6.45) is 1.68. The third-order valence-corrected chi connectivity index (χ3v) is 17.8. The van der Waals surface area contributed by atoms with E-state index in [1.165, 1.54) is 4.57 Å². The van der Waals surface area contributed by atoms with Crippen LogP contribution in [0.15, 0.2) is 17.2 Å². The maximum atomic E-state index is 13.2. The Labute approximate surface area is 234 Å². The Bertz CT molecular complexity index is 1240. The van der Waals surface area contributed by atoms with Gasteiger partial charge in [-0.15, -0.1) is 0 Å². The van der Waals surface area contributed by atoms with E-state index in [1.807, 2.05) is 4.57 Å². The van der Waals surface area contributed by atoms with E-state index in [0.717, 1.165) is 0 Å². The summed E-state index contributed by atoms with van der Waals surface area (Å²) < 4.78 is 23.3. The predicted octanol–water partition coefficient (Wildman–Crippen LogP) is 5.34. The molecule has 0 aliphatic carbocycles. The van der Waals surface area contributed by atoms with Crippen LogP contribution in [0, 0.1) is 0 Å². The Hall–Kier alpha value is -2.00. The fourth-order valence-electron chi connectivity index (χ4n) is 4.20. The fourth-order valence-corrected chi connectivity index (χ4v) is 6.57. The predicted molar refractivity (Wildman–Crippen MR) is 159 cm³/mol. The van der Waals surface area contributed by atoms with Gasteiger partial charge in [-0.3, -0.25) is 14.2 Å². The number of nitrogens with zero attached hydrogens (tertiary/aromatic N) is 3. The van der Waals surface area contributed by atoms with Gasteiger partial charge in [0.25, 0.3) is 5.56 Å². The van der Waals surface area contributed by atoms with Gasteiger partial charge >= 0.3 is 5.97 Å². The van der Waals surface area contributed by atoms with Crippen LogP contribution in [0.25, 0.3) is 11.0 Å². The summed E-state index contributed by atoms with van der Waals surface area (Å²) in [5.74, 6) is -0.642. The van der Waals surface area contributed by atoms with Crippen LogP contribution in [-0.2, 0) is 24.9 Å². The Morgan fingerprint density at radius 3 is 2.33 bits per heavy atom. The zero-order chi connectivity index (χ0) is 29.6. The summed E-state index contributed by atoms with van der Waals surface area (Å²) >= 11 is 0. The van der Waals surface area contributed by atoms with Gasteiger partial charge in [-0.2, -0.15) is 0 Å². The summed E-state index contributed by atoms with van der Waals surface area (Å²) in [7, 11) is -4.11. The Kier molecular flexibility index (Phi) is 8.98. The average molecular weight is 581 g/mol. The highest BCUT2D eigenvalue weighted by atomic mass is 28.4. The Morgan fingerprint density at radius 1 is 1.15 bits per heavy atom. The normalized spacial score (nSPS) is 21.1. The first-order valence-corrected chi connectivity index (χ1v) is 19.6. The summed E-state index contributed by atoms with van der Waals surface area (Å²) in [6, 6.07) is 1.72. The number of carboxylic acids is 1. The number of nitrogen functional groups attached to an aromatic ring is 1. The van der Waals surface area contributed by atoms with Gasteiger partial charge in [0.05, 0.1) is 24.6 Å². The van der Waals surface area contributed by atoms with E-state index < -0.39 is 22.6 Å². The van der Waals surface area contributed by atoms with Crippen LogP contribution < -0.4 is 11.3 Å². The number of ether oxygens (including phenoxy) is 1. The first-order chi connectivity index (χ1) is 17.7. The van der Waals surface area contributed by atoms with Gasteiger partial charge in [0.1, 0.15) is 18.1 Å². The molecule has 0 aromatic carbocycles. The van der Waals surface area contributed by atoms with Gasteiger partial charge in [-0.05, 0) is 42.7 Å². The van der Waals surface area contributed by atoms with Crippen molar-refractivity contribution in [1.82, 2.24) is 14.1 Å². The summed E-state index contributed by atoms with van der Waals surface area (Å²) in [4.78, 5) is 28.5. The third-order valence-electron chi connectivity index (χ3n) is 8.81. The lowest BCUT2D eigenvalue weighted by Crippen LogP contribution is -2.48. The molecule has 0 amide bonds. The molecule has 0 bridgehead atoms. The van der Waals surface area contributed by atoms with Crippen molar-refractivity contribution >= 4 is 39.5 Å². The van der Waals surface area contributed by atoms with Gasteiger partial charge in [0, 0.05) is 25.5 Å². The zero-order valence-electron chi connectivity index (χ0n) is 25.3. The quantitative estimate of drug-likeness (QED) is 0.360. The molecule has 1 fully saturated rings. The molecule has 2 aromatic rings. The van der Waals surface area contributed by atoms with Gasteiger partial charge in [0.15, 0.2) is 22.2 Å². The molecule has 1 aliphatic rings. The molecule has 2 aromatic heterocycles. The topological polar surface area (TPSA) is 131 Å². The van der Waals surface area contributed by atoms with Crippen LogP contribution in [0.1, 0.15) is 67.0 Å². The molecule has 1 saturated heterocycles. The largest absolute Gasteiger partial charge is 0.481 e. The smallest absolute Gasteiger partial charge is 0.303 e. The van der Waals surface area contributed by atoms with Gasteiger partial charge < -0.3 is 29.0 Å². The van der Waals surface area contributed by atoms with Crippen LogP contribution >= 0.6 is 0 Å². The minimum Gasteiger partial charge on any atom is -0.481 e. The number of nitrogens with two attached hydrogens (primary N) is 1. The van der Waals surface area contributed by atoms with E-state index in [4.69, 9.17) is 24.4 Å². The molecule has 0 saturated carbocycles. The van der Waals surface area contributed by atoms with E-state index in [1.54, 1.807) is 12.4 Å². The number of hydrogen-bond acceptors (Lipinski definition) is 7. The standard InChI is InChI=1S/C27H48N4O6Si2/c1-26(2,3)38(7,8)35-16-20-19(37-39(9,10)27(4,5)6)15-22(36-20)31-17-29-24-18(31)14-21(28)30(25(24)34)13-11-12-23(32)33/h14,17,19-20,22H,11-13,15-16,28H2,1-10H3,(H,32,33)/t19?,20-,22-/m1/s1. The molecule has 39 heavy (non-hydrogen) atoms. The molecule has 12 heteroatoms. The van der Waals surface area contributed by atoms with Gasteiger partial charge in [0.2, 0.25) is 0 Å². The number of pyridine rings is 1. The van der Waals surface area contributed by atoms with Crippen molar-refractivity contribution in [2.75, 3.05) is 12.3 Å². The van der Waals surface area contributed by atoms with E-state index >= 15 is 0 Å². The maximum Gasteiger partial charge on any atom is 0.303 e. The highest BCUT2D eigenvalue weighted by Crippen LogP contribution is 2.43. The Morgan fingerprint density at radius 2 is 1.77 bits per heavy atom. The fraction of sp³-hybridized carbons (Fsp3) is 0.741. The van der Waals surface area contributed by atoms with Crippen molar-refractivity contribution in [3.8, 4) is 0 Å². The van der Waals surface area contributed by atoms with Crippen molar-refractivity contribution < 1.29 is 23.5 Å². The minimum absolute atomic E-state index is 0.0395. The van der Waals surface area contributed by atoms with Crippen molar-refractivity contribution in [1.29, 1.82) is 0 Å². The van der Waals surface area contributed by atoms with E-state index in [0.29, 0.717) is 25.0 Å². The molecular weight excluding hydrogens is 532 g/mol. The van der Waals surface area contributed by atoms with Crippen molar-refractivity contribution in [2.24, 2.45) is 0 Å². The molecule has 3 rings (SSSR count). The summed E-state index contributed by atoms with van der Waals surface area (Å²) in [6.45, 7) is 22.9. The lowest BCUT2D eigenvalue weighted by molar-refractivity contribution is -0.137. The van der Waals surface area contributed by atoms with E-state index in [2.05, 4.69) is 72.7 Å². The number of hydrogen-bond donors (Lipinski definition) is 2. The second-order valence-corrected chi connectivity index (χ2v) is 23.3. The molecule has 0 radical (unpaired) electrons. The van der Waals surface area contributed by atoms with Crippen LogP contribution in [0.2, 0.25) is 36.3 Å². The highest BCUT2D eigenvalue weighted by molar-refractivity contribution is 6.74.